The highest BCUT2D eigenvalue weighted by molar-refractivity contribution is 6.60. The summed E-state index contributed by atoms with van der Waals surface area (Å²) in [4.78, 5) is 2.37. The van der Waals surface area contributed by atoms with Crippen LogP contribution in [0.3, 0.4) is 0 Å². The summed E-state index contributed by atoms with van der Waals surface area (Å²) in [6, 6.07) is 1.32. The van der Waals surface area contributed by atoms with Crippen molar-refractivity contribution in [3.05, 3.63) is 0 Å². The third-order valence-electron chi connectivity index (χ3n) is 4.56. The zero-order chi connectivity index (χ0) is 18.5. The van der Waals surface area contributed by atoms with Crippen molar-refractivity contribution < 1.29 is 23.1 Å². The summed E-state index contributed by atoms with van der Waals surface area (Å²) in [6.07, 6.45) is 4.16. The van der Waals surface area contributed by atoms with Crippen LogP contribution in [0.2, 0.25) is 6.04 Å². The number of ether oxygens (including phenoxy) is 1. The number of β-amino-alcohol motifs (C(OH)–C–C–N with tert-alkyl or cyclic N) is 1. The van der Waals surface area contributed by atoms with Crippen molar-refractivity contribution in [1.82, 2.24) is 4.90 Å². The molecule has 1 saturated heterocycles. The molecule has 1 N–H and O–H groups in total. The van der Waals surface area contributed by atoms with Gasteiger partial charge in [-0.05, 0) is 53.5 Å². The van der Waals surface area contributed by atoms with E-state index < -0.39 is 14.9 Å². The van der Waals surface area contributed by atoms with Gasteiger partial charge in [0.15, 0.2) is 0 Å². The lowest BCUT2D eigenvalue weighted by molar-refractivity contribution is 0.00290. The summed E-state index contributed by atoms with van der Waals surface area (Å²) in [7, 11) is -2.57. The topological polar surface area (TPSA) is 60.4 Å². The first-order valence-electron chi connectivity index (χ1n) is 9.98. The van der Waals surface area contributed by atoms with Crippen molar-refractivity contribution in [3.8, 4) is 0 Å². The second-order valence-corrected chi connectivity index (χ2v) is 9.39. The van der Waals surface area contributed by atoms with Gasteiger partial charge in [-0.25, -0.2) is 0 Å². The second-order valence-electron chi connectivity index (χ2n) is 6.65. The molecule has 7 heteroatoms. The number of piperidine rings is 1. The Kier molecular flexibility index (Phi) is 12.1. The van der Waals surface area contributed by atoms with Crippen molar-refractivity contribution >= 4 is 8.80 Å². The van der Waals surface area contributed by atoms with Crippen LogP contribution in [0, 0.1) is 0 Å². The summed E-state index contributed by atoms with van der Waals surface area (Å²) in [5.41, 5.74) is 0. The Bertz CT molecular complexity index is 318. The van der Waals surface area contributed by atoms with Gasteiger partial charge in [-0.3, -0.25) is 4.90 Å². The van der Waals surface area contributed by atoms with Crippen molar-refractivity contribution in [2.75, 3.05) is 46.1 Å². The lowest BCUT2D eigenvalue weighted by Crippen LogP contribution is -2.46. The van der Waals surface area contributed by atoms with E-state index in [4.69, 9.17) is 18.0 Å². The van der Waals surface area contributed by atoms with E-state index in [1.165, 1.54) is 19.3 Å². The molecule has 1 aliphatic heterocycles. The van der Waals surface area contributed by atoms with Crippen molar-refractivity contribution in [3.63, 3.8) is 0 Å². The van der Waals surface area contributed by atoms with Crippen LogP contribution in [0.15, 0.2) is 0 Å². The molecule has 0 aliphatic carbocycles. The van der Waals surface area contributed by atoms with Gasteiger partial charge in [0.25, 0.3) is 0 Å². The lowest BCUT2D eigenvalue weighted by Gasteiger charge is -2.34. The maximum Gasteiger partial charge on any atom is 0.501 e. The first-order valence-corrected chi connectivity index (χ1v) is 11.9. The molecule has 6 nitrogen and oxygen atoms in total. The van der Waals surface area contributed by atoms with Gasteiger partial charge in [-0.1, -0.05) is 6.42 Å². The molecule has 0 spiro atoms. The van der Waals surface area contributed by atoms with Gasteiger partial charge in [-0.15, -0.1) is 0 Å². The molecular formula is C18H39NO5Si. The number of rotatable bonds is 14. The Morgan fingerprint density at radius 1 is 1.08 bits per heavy atom. The molecule has 1 aliphatic rings. The molecule has 150 valence electrons. The lowest BCUT2D eigenvalue weighted by atomic mass is 10.0. The summed E-state index contributed by atoms with van der Waals surface area (Å²) in [6.45, 7) is 12.7. The van der Waals surface area contributed by atoms with Gasteiger partial charge >= 0.3 is 8.80 Å². The number of likely N-dealkylation sites (tertiary alicyclic amines) is 1. The average Bonchev–Trinajstić information content (AvgIpc) is 2.57. The van der Waals surface area contributed by atoms with Crippen LogP contribution in [0.4, 0.5) is 0 Å². The average molecular weight is 378 g/mol. The van der Waals surface area contributed by atoms with E-state index in [2.05, 4.69) is 11.8 Å². The first-order chi connectivity index (χ1) is 12.1. The Morgan fingerprint density at radius 2 is 1.72 bits per heavy atom. The van der Waals surface area contributed by atoms with E-state index in [1.807, 2.05) is 20.8 Å². The minimum absolute atomic E-state index is 0.385. The van der Waals surface area contributed by atoms with Gasteiger partial charge in [0.05, 0.1) is 12.7 Å². The molecule has 0 amide bonds. The van der Waals surface area contributed by atoms with Crippen LogP contribution in [0.25, 0.3) is 0 Å². The van der Waals surface area contributed by atoms with Crippen molar-refractivity contribution in [2.45, 2.75) is 71.6 Å². The van der Waals surface area contributed by atoms with E-state index in [-0.39, 0.29) is 0 Å². The highest BCUT2D eigenvalue weighted by Gasteiger charge is 2.39. The maximum absolute atomic E-state index is 10.2. The molecule has 0 aromatic carbocycles. The van der Waals surface area contributed by atoms with Gasteiger partial charge in [-0.2, -0.15) is 0 Å². The Balaban J connectivity index is 2.23. The fourth-order valence-electron chi connectivity index (χ4n) is 3.36. The zero-order valence-electron chi connectivity index (χ0n) is 16.7. The Hall–Kier alpha value is -0.0231. The number of aliphatic hydroxyl groups excluding tert-OH is 1. The molecule has 0 bridgehead atoms. The minimum Gasteiger partial charge on any atom is -0.389 e. The van der Waals surface area contributed by atoms with E-state index in [0.29, 0.717) is 45.6 Å². The number of aliphatic hydroxyl groups is 1. The molecular weight excluding hydrogens is 338 g/mol. The molecule has 0 aromatic rings. The largest absolute Gasteiger partial charge is 0.501 e. The van der Waals surface area contributed by atoms with Crippen LogP contribution in [-0.4, -0.2) is 77.1 Å². The standard InChI is InChI=1S/C18H39NO5Si/c1-5-22-25(23-6-2,24-7-3)14-10-13-21-16-18(20)15-19-12-9-8-11-17(19)4/h17-18,20H,5-16H2,1-4H3. The second kappa shape index (κ2) is 13.2. The predicted molar refractivity (Wildman–Crippen MR) is 102 cm³/mol. The third-order valence-corrected chi connectivity index (χ3v) is 7.71. The summed E-state index contributed by atoms with van der Waals surface area (Å²) in [5.74, 6) is 0. The molecule has 1 fully saturated rings. The maximum atomic E-state index is 10.2. The zero-order valence-corrected chi connectivity index (χ0v) is 17.7. The quantitative estimate of drug-likeness (QED) is 0.371. The molecule has 0 saturated carbocycles. The molecule has 0 radical (unpaired) electrons. The summed E-state index contributed by atoms with van der Waals surface area (Å²) < 4.78 is 23.2. The monoisotopic (exact) mass is 377 g/mol. The van der Waals surface area contributed by atoms with Crippen LogP contribution in [-0.2, 0) is 18.0 Å². The van der Waals surface area contributed by atoms with Gasteiger partial charge in [0.2, 0.25) is 0 Å². The summed E-state index contributed by atoms with van der Waals surface area (Å²) in [5, 5.41) is 10.2. The summed E-state index contributed by atoms with van der Waals surface area (Å²) >= 11 is 0. The fraction of sp³-hybridized carbons (Fsp3) is 1.00. The predicted octanol–water partition coefficient (Wildman–Crippen LogP) is 2.68. The Morgan fingerprint density at radius 3 is 2.28 bits per heavy atom. The van der Waals surface area contributed by atoms with E-state index >= 15 is 0 Å². The van der Waals surface area contributed by atoms with Crippen LogP contribution in [0.5, 0.6) is 0 Å². The van der Waals surface area contributed by atoms with Gasteiger partial charge in [0, 0.05) is 45.1 Å². The molecule has 0 aromatic heterocycles. The first kappa shape index (κ1) is 23.0. The fourth-order valence-corrected chi connectivity index (χ4v) is 5.94. The SMILES string of the molecule is CCO[Si](CCCOCC(O)CN1CCCCC1C)(OCC)OCC. The van der Waals surface area contributed by atoms with Crippen LogP contribution in [0.1, 0.15) is 53.4 Å². The van der Waals surface area contributed by atoms with E-state index in [9.17, 15) is 5.11 Å². The highest BCUT2D eigenvalue weighted by atomic mass is 28.4. The van der Waals surface area contributed by atoms with Crippen LogP contribution < -0.4 is 0 Å². The van der Waals surface area contributed by atoms with Crippen molar-refractivity contribution in [1.29, 1.82) is 0 Å². The van der Waals surface area contributed by atoms with Gasteiger partial charge in [0.1, 0.15) is 0 Å². The molecule has 1 rings (SSSR count). The Labute approximate surface area is 155 Å². The van der Waals surface area contributed by atoms with Gasteiger partial charge < -0.3 is 23.1 Å². The number of hydrogen-bond acceptors (Lipinski definition) is 6. The minimum atomic E-state index is -2.57. The normalized spacial score (nSPS) is 20.8. The van der Waals surface area contributed by atoms with E-state index in [1.54, 1.807) is 0 Å². The molecule has 2 atom stereocenters. The smallest absolute Gasteiger partial charge is 0.389 e. The molecule has 2 unspecified atom stereocenters. The number of nitrogens with zero attached hydrogens (tertiary/aromatic N) is 1. The van der Waals surface area contributed by atoms with E-state index in [0.717, 1.165) is 19.0 Å². The highest BCUT2D eigenvalue weighted by Crippen LogP contribution is 2.19. The molecule has 1 heterocycles. The third kappa shape index (κ3) is 8.95. The van der Waals surface area contributed by atoms with Crippen molar-refractivity contribution in [2.24, 2.45) is 0 Å². The number of hydrogen-bond donors (Lipinski definition) is 1. The molecule has 25 heavy (non-hydrogen) atoms. The van der Waals surface area contributed by atoms with Crippen LogP contribution >= 0.6 is 0 Å².